The highest BCUT2D eigenvalue weighted by Gasteiger charge is 2.32. The second kappa shape index (κ2) is 3.03. The highest BCUT2D eigenvalue weighted by Crippen LogP contribution is 2.37. The molecule has 0 bridgehead atoms. The molecule has 0 aromatic heterocycles. The Kier molecular flexibility index (Phi) is 2.12. The smallest absolute Gasteiger partial charge is 0.164 e. The average Bonchev–Trinajstić information content (AvgIpc) is 2.37. The van der Waals surface area contributed by atoms with Crippen molar-refractivity contribution < 1.29 is 13.9 Å². The van der Waals surface area contributed by atoms with Gasteiger partial charge < -0.3 is 5.11 Å². The molecular weight excluding hydrogens is 242 g/mol. The van der Waals surface area contributed by atoms with E-state index in [0.29, 0.717) is 12.0 Å². The highest BCUT2D eigenvalue weighted by molar-refractivity contribution is 9.09. The highest BCUT2D eigenvalue weighted by atomic mass is 79.9. The van der Waals surface area contributed by atoms with E-state index in [1.807, 2.05) is 0 Å². The topological polar surface area (TPSA) is 20.2 Å². The average molecular weight is 249 g/mol. The Morgan fingerprint density at radius 2 is 2.08 bits per heavy atom. The molecule has 70 valence electrons. The van der Waals surface area contributed by atoms with Crippen molar-refractivity contribution in [3.63, 3.8) is 0 Å². The molecule has 4 heteroatoms. The number of hydrogen-bond donors (Lipinski definition) is 1. The Morgan fingerprint density at radius 1 is 1.38 bits per heavy atom. The predicted molar refractivity (Wildman–Crippen MR) is 47.7 cm³/mol. The molecule has 0 saturated carbocycles. The molecule has 2 rings (SSSR count). The molecule has 2 atom stereocenters. The number of hydrogen-bond acceptors (Lipinski definition) is 1. The van der Waals surface area contributed by atoms with Crippen LogP contribution < -0.4 is 0 Å². The maximum absolute atomic E-state index is 13.2. The summed E-state index contributed by atoms with van der Waals surface area (Å²) in [7, 11) is 0. The van der Waals surface area contributed by atoms with E-state index >= 15 is 0 Å². The maximum Gasteiger partial charge on any atom is 0.164 e. The summed E-state index contributed by atoms with van der Waals surface area (Å²) in [5.41, 5.74) is 0.773. The first-order valence-electron chi connectivity index (χ1n) is 3.90. The summed E-state index contributed by atoms with van der Waals surface area (Å²) in [6.45, 7) is 0. The molecule has 2 unspecified atom stereocenters. The fourth-order valence-electron chi connectivity index (χ4n) is 1.61. The van der Waals surface area contributed by atoms with Gasteiger partial charge in [-0.25, -0.2) is 8.78 Å². The summed E-state index contributed by atoms with van der Waals surface area (Å²) in [6.07, 6.45) is -0.404. The van der Waals surface area contributed by atoms with E-state index in [0.717, 1.165) is 6.07 Å². The first-order valence-corrected chi connectivity index (χ1v) is 4.81. The molecule has 1 aliphatic carbocycles. The van der Waals surface area contributed by atoms with Crippen LogP contribution in [0.1, 0.15) is 17.2 Å². The molecule has 0 saturated heterocycles. The number of rotatable bonds is 0. The van der Waals surface area contributed by atoms with E-state index in [9.17, 15) is 13.9 Å². The largest absolute Gasteiger partial charge is 0.387 e. The van der Waals surface area contributed by atoms with Gasteiger partial charge in [0.2, 0.25) is 0 Å². The van der Waals surface area contributed by atoms with Crippen LogP contribution in [0.3, 0.4) is 0 Å². The van der Waals surface area contributed by atoms with Crippen LogP contribution in [0.4, 0.5) is 8.78 Å². The molecule has 1 nitrogen and oxygen atoms in total. The van der Waals surface area contributed by atoms with Crippen molar-refractivity contribution in [2.75, 3.05) is 0 Å². The van der Waals surface area contributed by atoms with Crippen molar-refractivity contribution in [1.82, 2.24) is 0 Å². The Balaban J connectivity index is 2.59. The lowest BCUT2D eigenvalue weighted by Gasteiger charge is -2.07. The number of fused-ring (bicyclic) bond motifs is 1. The van der Waals surface area contributed by atoms with Gasteiger partial charge in [-0.1, -0.05) is 22.0 Å². The molecule has 0 amide bonds. The summed E-state index contributed by atoms with van der Waals surface area (Å²) in [6, 6.07) is 2.60. The predicted octanol–water partition coefficient (Wildman–Crippen LogP) is 2.32. The Labute approximate surface area is 82.5 Å². The van der Waals surface area contributed by atoms with Gasteiger partial charge in [-0.05, 0) is 18.1 Å². The normalized spacial score (nSPS) is 26.2. The van der Waals surface area contributed by atoms with Crippen molar-refractivity contribution in [3.05, 3.63) is 34.9 Å². The first kappa shape index (κ1) is 9.09. The third-order valence-corrected chi connectivity index (χ3v) is 3.10. The molecule has 0 spiro atoms. The molecule has 1 aromatic carbocycles. The number of halogens is 3. The van der Waals surface area contributed by atoms with Crippen LogP contribution in [0.15, 0.2) is 12.1 Å². The van der Waals surface area contributed by atoms with Crippen LogP contribution in [0, 0.1) is 11.6 Å². The zero-order valence-electron chi connectivity index (χ0n) is 6.60. The van der Waals surface area contributed by atoms with E-state index in [-0.39, 0.29) is 10.4 Å². The summed E-state index contributed by atoms with van der Waals surface area (Å²) in [4.78, 5) is -0.209. The van der Waals surface area contributed by atoms with Crippen LogP contribution >= 0.6 is 15.9 Å². The van der Waals surface area contributed by atoms with Crippen molar-refractivity contribution in [2.45, 2.75) is 17.4 Å². The standard InChI is InChI=1S/C9H7BrF2O/c10-5-3-4-1-2-6(11)8(12)7(4)9(5)13/h1-2,5,9,13H,3H2. The van der Waals surface area contributed by atoms with Crippen molar-refractivity contribution >= 4 is 15.9 Å². The molecule has 0 heterocycles. The van der Waals surface area contributed by atoms with Gasteiger partial charge >= 0.3 is 0 Å². The Bertz CT molecular complexity index is 354. The molecule has 1 N–H and O–H groups in total. The van der Waals surface area contributed by atoms with Crippen molar-refractivity contribution in [1.29, 1.82) is 0 Å². The van der Waals surface area contributed by atoms with Crippen LogP contribution in [0.25, 0.3) is 0 Å². The monoisotopic (exact) mass is 248 g/mol. The summed E-state index contributed by atoms with van der Waals surface area (Å²) < 4.78 is 25.9. The quantitative estimate of drug-likeness (QED) is 0.699. The van der Waals surface area contributed by atoms with Crippen LogP contribution in [-0.2, 0) is 6.42 Å². The second-order valence-corrected chi connectivity index (χ2v) is 4.28. The van der Waals surface area contributed by atoms with E-state index in [1.54, 1.807) is 0 Å². The van der Waals surface area contributed by atoms with Gasteiger partial charge in [0, 0.05) is 10.4 Å². The first-order chi connectivity index (χ1) is 6.11. The minimum Gasteiger partial charge on any atom is -0.387 e. The van der Waals surface area contributed by atoms with E-state index in [4.69, 9.17) is 0 Å². The fourth-order valence-corrected chi connectivity index (χ4v) is 2.22. The summed E-state index contributed by atoms with van der Waals surface area (Å²) in [5.74, 6) is -1.83. The van der Waals surface area contributed by atoms with Gasteiger partial charge in [0.05, 0.1) is 6.10 Å². The fraction of sp³-hybridized carbons (Fsp3) is 0.333. The molecular formula is C9H7BrF2O. The minimum absolute atomic E-state index is 0.0990. The molecule has 0 fully saturated rings. The number of benzene rings is 1. The molecule has 0 radical (unpaired) electrons. The molecule has 1 aliphatic rings. The van der Waals surface area contributed by atoms with Gasteiger partial charge in [-0.15, -0.1) is 0 Å². The third-order valence-electron chi connectivity index (χ3n) is 2.28. The zero-order valence-corrected chi connectivity index (χ0v) is 8.18. The van der Waals surface area contributed by atoms with E-state index in [1.165, 1.54) is 6.07 Å². The molecule has 1 aromatic rings. The lowest BCUT2D eigenvalue weighted by Crippen LogP contribution is -2.06. The lowest BCUT2D eigenvalue weighted by molar-refractivity contribution is 0.182. The Morgan fingerprint density at radius 3 is 2.77 bits per heavy atom. The molecule has 13 heavy (non-hydrogen) atoms. The Hall–Kier alpha value is -0.480. The van der Waals surface area contributed by atoms with Crippen LogP contribution in [0.5, 0.6) is 0 Å². The van der Waals surface area contributed by atoms with Gasteiger partial charge in [0.15, 0.2) is 11.6 Å². The SMILES string of the molecule is OC1c2c(ccc(F)c2F)CC1Br. The van der Waals surface area contributed by atoms with Crippen LogP contribution in [0.2, 0.25) is 0 Å². The second-order valence-electron chi connectivity index (χ2n) is 3.10. The van der Waals surface area contributed by atoms with Gasteiger partial charge in [0.1, 0.15) is 0 Å². The minimum atomic E-state index is -0.939. The number of aliphatic hydroxyl groups excluding tert-OH is 1. The molecule has 0 aliphatic heterocycles. The maximum atomic E-state index is 13.2. The number of aliphatic hydroxyl groups is 1. The van der Waals surface area contributed by atoms with Gasteiger partial charge in [-0.2, -0.15) is 0 Å². The zero-order chi connectivity index (χ0) is 9.59. The number of alkyl halides is 1. The third kappa shape index (κ3) is 1.28. The van der Waals surface area contributed by atoms with Crippen molar-refractivity contribution in [3.8, 4) is 0 Å². The van der Waals surface area contributed by atoms with Crippen LogP contribution in [-0.4, -0.2) is 9.93 Å². The summed E-state index contributed by atoms with van der Waals surface area (Å²) >= 11 is 3.20. The van der Waals surface area contributed by atoms with E-state index in [2.05, 4.69) is 15.9 Å². The summed E-state index contributed by atoms with van der Waals surface area (Å²) in [5, 5.41) is 9.50. The van der Waals surface area contributed by atoms with Gasteiger partial charge in [0.25, 0.3) is 0 Å². The van der Waals surface area contributed by atoms with Gasteiger partial charge in [-0.3, -0.25) is 0 Å². The van der Waals surface area contributed by atoms with Crippen molar-refractivity contribution in [2.24, 2.45) is 0 Å². The van der Waals surface area contributed by atoms with E-state index < -0.39 is 17.7 Å². The lowest BCUT2D eigenvalue weighted by atomic mass is 10.1.